The highest BCUT2D eigenvalue weighted by Gasteiger charge is 2.22. The molecule has 138 valence electrons. The Morgan fingerprint density at radius 2 is 1.88 bits per heavy atom. The molecule has 6 nitrogen and oxygen atoms in total. The summed E-state index contributed by atoms with van der Waals surface area (Å²) < 4.78 is 5.03. The van der Waals surface area contributed by atoms with Gasteiger partial charge in [-0.1, -0.05) is 29.8 Å². The fraction of sp³-hybridized carbons (Fsp3) is 0.471. The van der Waals surface area contributed by atoms with E-state index in [1.165, 1.54) is 18.7 Å². The molecule has 0 heterocycles. The van der Waals surface area contributed by atoms with Gasteiger partial charge in [0, 0.05) is 16.3 Å². The molecule has 0 fully saturated rings. The summed E-state index contributed by atoms with van der Waals surface area (Å²) in [6.45, 7) is 6.78. The fourth-order valence-corrected chi connectivity index (χ4v) is 2.82. The van der Waals surface area contributed by atoms with Crippen molar-refractivity contribution in [3.05, 3.63) is 34.9 Å². The topological polar surface area (TPSA) is 84.5 Å². The monoisotopic (exact) mass is 386 g/mol. The Labute approximate surface area is 157 Å². The Balaban J connectivity index is 2.34. The maximum absolute atomic E-state index is 11.8. The molecule has 0 aliphatic heterocycles. The van der Waals surface area contributed by atoms with E-state index in [-0.39, 0.29) is 5.75 Å². The average Bonchev–Trinajstić information content (AvgIpc) is 2.47. The number of amides is 3. The van der Waals surface area contributed by atoms with Gasteiger partial charge in [0.15, 0.2) is 6.10 Å². The first-order chi connectivity index (χ1) is 11.6. The van der Waals surface area contributed by atoms with Crippen molar-refractivity contribution in [3.63, 3.8) is 0 Å². The van der Waals surface area contributed by atoms with Crippen LogP contribution in [0.3, 0.4) is 0 Å². The molecule has 0 aromatic heterocycles. The van der Waals surface area contributed by atoms with Gasteiger partial charge in [-0.25, -0.2) is 4.79 Å². The molecule has 0 radical (unpaired) electrons. The first-order valence-electron chi connectivity index (χ1n) is 7.72. The normalized spacial score (nSPS) is 12.2. The van der Waals surface area contributed by atoms with Crippen LogP contribution in [-0.2, 0) is 20.1 Å². The number of benzene rings is 1. The van der Waals surface area contributed by atoms with Crippen molar-refractivity contribution in [1.29, 1.82) is 0 Å². The maximum Gasteiger partial charge on any atom is 0.321 e. The SMILES string of the molecule is C[C@H](OC(=O)CSCc1ccccc1Cl)C(=O)NC(=O)NC(C)(C)C. The second kappa shape index (κ2) is 9.68. The van der Waals surface area contributed by atoms with Crippen LogP contribution in [0.15, 0.2) is 24.3 Å². The fourth-order valence-electron chi connectivity index (χ4n) is 1.73. The molecule has 0 saturated heterocycles. The molecule has 0 spiro atoms. The predicted octanol–water partition coefficient (Wildman–Crippen LogP) is 3.13. The van der Waals surface area contributed by atoms with E-state index in [9.17, 15) is 14.4 Å². The highest BCUT2D eigenvalue weighted by Crippen LogP contribution is 2.20. The van der Waals surface area contributed by atoms with E-state index in [2.05, 4.69) is 10.6 Å². The Hall–Kier alpha value is -1.73. The molecule has 0 aliphatic carbocycles. The lowest BCUT2D eigenvalue weighted by molar-refractivity contribution is -0.151. The minimum atomic E-state index is -1.06. The Kier molecular flexibility index (Phi) is 8.25. The Morgan fingerprint density at radius 1 is 1.24 bits per heavy atom. The second-order valence-electron chi connectivity index (χ2n) is 6.41. The van der Waals surface area contributed by atoms with E-state index in [4.69, 9.17) is 16.3 Å². The second-order valence-corrected chi connectivity index (χ2v) is 7.80. The van der Waals surface area contributed by atoms with Crippen molar-refractivity contribution < 1.29 is 19.1 Å². The van der Waals surface area contributed by atoms with Gasteiger partial charge in [0.1, 0.15) is 0 Å². The van der Waals surface area contributed by atoms with E-state index in [1.807, 2.05) is 18.2 Å². The molecular formula is C17H23ClN2O4S. The lowest BCUT2D eigenvalue weighted by Gasteiger charge is -2.21. The highest BCUT2D eigenvalue weighted by atomic mass is 35.5. The lowest BCUT2D eigenvalue weighted by Crippen LogP contribution is -2.50. The van der Waals surface area contributed by atoms with Gasteiger partial charge in [-0.05, 0) is 39.3 Å². The van der Waals surface area contributed by atoms with Gasteiger partial charge >= 0.3 is 12.0 Å². The number of thioether (sulfide) groups is 1. The number of hydrogen-bond acceptors (Lipinski definition) is 5. The van der Waals surface area contributed by atoms with E-state index in [0.717, 1.165) is 5.56 Å². The average molecular weight is 387 g/mol. The number of urea groups is 1. The van der Waals surface area contributed by atoms with Crippen molar-refractivity contribution in [2.75, 3.05) is 5.75 Å². The molecule has 0 aliphatic rings. The third-order valence-corrected chi connectivity index (χ3v) is 4.16. The van der Waals surface area contributed by atoms with Gasteiger partial charge in [0.25, 0.3) is 5.91 Å². The predicted molar refractivity (Wildman–Crippen MR) is 99.6 cm³/mol. The van der Waals surface area contributed by atoms with Crippen LogP contribution in [0.2, 0.25) is 5.02 Å². The third kappa shape index (κ3) is 8.79. The summed E-state index contributed by atoms with van der Waals surface area (Å²) >= 11 is 7.37. The van der Waals surface area contributed by atoms with Crippen LogP contribution in [0, 0.1) is 0 Å². The largest absolute Gasteiger partial charge is 0.452 e. The van der Waals surface area contributed by atoms with Gasteiger partial charge in [-0.2, -0.15) is 0 Å². The van der Waals surface area contributed by atoms with Crippen molar-refractivity contribution in [3.8, 4) is 0 Å². The number of nitrogens with one attached hydrogen (secondary N) is 2. The minimum absolute atomic E-state index is 0.0804. The molecular weight excluding hydrogens is 364 g/mol. The zero-order chi connectivity index (χ0) is 19.0. The zero-order valence-electron chi connectivity index (χ0n) is 14.7. The molecule has 25 heavy (non-hydrogen) atoms. The number of carbonyl (C=O) groups is 3. The minimum Gasteiger partial charge on any atom is -0.452 e. The van der Waals surface area contributed by atoms with E-state index in [1.54, 1.807) is 26.8 Å². The smallest absolute Gasteiger partial charge is 0.321 e. The van der Waals surface area contributed by atoms with E-state index >= 15 is 0 Å². The Bertz CT molecular complexity index is 631. The molecule has 1 aromatic carbocycles. The van der Waals surface area contributed by atoms with E-state index in [0.29, 0.717) is 10.8 Å². The highest BCUT2D eigenvalue weighted by molar-refractivity contribution is 7.99. The van der Waals surface area contributed by atoms with Gasteiger partial charge in [-0.3, -0.25) is 14.9 Å². The molecule has 0 bridgehead atoms. The number of carbonyl (C=O) groups excluding carboxylic acids is 3. The van der Waals surface area contributed by atoms with Gasteiger partial charge in [0.2, 0.25) is 0 Å². The van der Waals surface area contributed by atoms with Crippen molar-refractivity contribution >= 4 is 41.3 Å². The van der Waals surface area contributed by atoms with Crippen molar-refractivity contribution in [2.24, 2.45) is 0 Å². The van der Waals surface area contributed by atoms with Crippen LogP contribution in [0.1, 0.15) is 33.3 Å². The van der Waals surface area contributed by atoms with Crippen LogP contribution >= 0.6 is 23.4 Å². The van der Waals surface area contributed by atoms with E-state index < -0.39 is 29.6 Å². The summed E-state index contributed by atoms with van der Waals surface area (Å²) in [4.78, 5) is 35.3. The first kappa shape index (κ1) is 21.3. The number of rotatable bonds is 6. The number of ether oxygens (including phenoxy) is 1. The van der Waals surface area contributed by atoms with Crippen LogP contribution < -0.4 is 10.6 Å². The molecule has 3 amide bonds. The summed E-state index contributed by atoms with van der Waals surface area (Å²) in [6.07, 6.45) is -1.06. The molecule has 1 rings (SSSR count). The van der Waals surface area contributed by atoms with Crippen molar-refractivity contribution in [2.45, 2.75) is 45.1 Å². The number of hydrogen-bond donors (Lipinski definition) is 2. The number of halogens is 1. The number of imide groups is 1. The van der Waals surface area contributed by atoms with Gasteiger partial charge < -0.3 is 10.1 Å². The summed E-state index contributed by atoms with van der Waals surface area (Å²) in [7, 11) is 0. The quantitative estimate of drug-likeness (QED) is 0.734. The number of esters is 1. The summed E-state index contributed by atoms with van der Waals surface area (Å²) in [5, 5.41) is 5.37. The standard InChI is InChI=1S/C17H23ClN2O4S/c1-11(15(22)19-16(23)20-17(2,3)4)24-14(21)10-25-9-12-7-5-6-8-13(12)18/h5-8,11H,9-10H2,1-4H3,(H2,19,20,22,23)/t11-/m0/s1. The molecule has 8 heteroatoms. The summed E-state index contributed by atoms with van der Waals surface area (Å²) in [5.41, 5.74) is 0.450. The molecule has 1 atom stereocenters. The molecule has 2 N–H and O–H groups in total. The van der Waals surface area contributed by atoms with Gasteiger partial charge in [0.05, 0.1) is 5.75 Å². The van der Waals surface area contributed by atoms with Gasteiger partial charge in [-0.15, -0.1) is 11.8 Å². The van der Waals surface area contributed by atoms with Crippen molar-refractivity contribution in [1.82, 2.24) is 10.6 Å². The maximum atomic E-state index is 11.8. The van der Waals surface area contributed by atoms with Crippen LogP contribution in [0.25, 0.3) is 0 Å². The van der Waals surface area contributed by atoms with Crippen LogP contribution in [-0.4, -0.2) is 35.3 Å². The molecule has 1 aromatic rings. The summed E-state index contributed by atoms with van der Waals surface area (Å²) in [6, 6.07) is 6.74. The third-order valence-electron chi connectivity index (χ3n) is 2.84. The lowest BCUT2D eigenvalue weighted by atomic mass is 10.1. The summed E-state index contributed by atoms with van der Waals surface area (Å²) in [5.74, 6) is -0.567. The molecule has 0 saturated carbocycles. The molecule has 0 unspecified atom stereocenters. The van der Waals surface area contributed by atoms with Crippen LogP contribution in [0.5, 0.6) is 0 Å². The van der Waals surface area contributed by atoms with Crippen LogP contribution in [0.4, 0.5) is 4.79 Å². The Morgan fingerprint density at radius 3 is 2.48 bits per heavy atom. The first-order valence-corrected chi connectivity index (χ1v) is 9.25. The zero-order valence-corrected chi connectivity index (χ0v) is 16.3.